The van der Waals surface area contributed by atoms with Crippen LogP contribution in [0.3, 0.4) is 0 Å². The fourth-order valence-electron chi connectivity index (χ4n) is 1.70. The van der Waals surface area contributed by atoms with E-state index in [1.165, 1.54) is 0 Å². The molecule has 1 fully saturated rings. The van der Waals surface area contributed by atoms with Gasteiger partial charge in [0.05, 0.1) is 12.2 Å². The highest BCUT2D eigenvalue weighted by molar-refractivity contribution is 4.87. The summed E-state index contributed by atoms with van der Waals surface area (Å²) >= 11 is 0. The van der Waals surface area contributed by atoms with E-state index in [1.807, 2.05) is 6.08 Å². The van der Waals surface area contributed by atoms with Gasteiger partial charge >= 0.3 is 0 Å². The molecule has 2 nitrogen and oxygen atoms in total. The SMILES string of the molecule is C=CC(C)N1CC(C)OC(C)C1. The summed E-state index contributed by atoms with van der Waals surface area (Å²) in [6.07, 6.45) is 2.71. The van der Waals surface area contributed by atoms with Crippen molar-refractivity contribution < 1.29 is 4.74 Å². The van der Waals surface area contributed by atoms with E-state index in [2.05, 4.69) is 32.3 Å². The Bertz CT molecular complexity index is 148. The van der Waals surface area contributed by atoms with Gasteiger partial charge in [0.25, 0.3) is 0 Å². The van der Waals surface area contributed by atoms with Gasteiger partial charge in [-0.05, 0) is 20.8 Å². The minimum atomic E-state index is 0.358. The Kier molecular flexibility index (Phi) is 3.29. The summed E-state index contributed by atoms with van der Waals surface area (Å²) in [5, 5.41) is 0. The summed E-state index contributed by atoms with van der Waals surface area (Å²) in [4.78, 5) is 2.41. The first-order valence-corrected chi connectivity index (χ1v) is 4.65. The monoisotopic (exact) mass is 169 g/mol. The predicted molar refractivity (Wildman–Crippen MR) is 51.2 cm³/mol. The zero-order valence-corrected chi connectivity index (χ0v) is 8.29. The number of hydrogen-bond donors (Lipinski definition) is 0. The Labute approximate surface area is 75.2 Å². The Morgan fingerprint density at radius 3 is 2.33 bits per heavy atom. The summed E-state index contributed by atoms with van der Waals surface area (Å²) in [5.41, 5.74) is 0. The fraction of sp³-hybridized carbons (Fsp3) is 0.800. The van der Waals surface area contributed by atoms with Crippen molar-refractivity contribution in [3.8, 4) is 0 Å². The van der Waals surface area contributed by atoms with Crippen molar-refractivity contribution in [1.29, 1.82) is 0 Å². The predicted octanol–water partition coefficient (Wildman–Crippen LogP) is 1.67. The van der Waals surface area contributed by atoms with E-state index in [0.717, 1.165) is 13.1 Å². The lowest BCUT2D eigenvalue weighted by Crippen LogP contribution is -2.48. The van der Waals surface area contributed by atoms with Crippen molar-refractivity contribution in [2.45, 2.75) is 39.0 Å². The Morgan fingerprint density at radius 2 is 1.92 bits per heavy atom. The smallest absolute Gasteiger partial charge is 0.0678 e. The lowest BCUT2D eigenvalue weighted by molar-refractivity contribution is -0.0735. The first-order chi connectivity index (χ1) is 5.63. The molecule has 0 spiro atoms. The third kappa shape index (κ3) is 2.32. The average Bonchev–Trinajstić information content (AvgIpc) is 2.01. The zero-order chi connectivity index (χ0) is 9.14. The highest BCUT2D eigenvalue weighted by atomic mass is 16.5. The van der Waals surface area contributed by atoms with Gasteiger partial charge in [0.15, 0.2) is 0 Å². The Hall–Kier alpha value is -0.340. The maximum atomic E-state index is 5.64. The van der Waals surface area contributed by atoms with Crippen LogP contribution in [0.5, 0.6) is 0 Å². The Morgan fingerprint density at radius 1 is 1.42 bits per heavy atom. The molecule has 0 amide bonds. The third-order valence-electron chi connectivity index (χ3n) is 2.36. The highest BCUT2D eigenvalue weighted by Crippen LogP contribution is 2.13. The quantitative estimate of drug-likeness (QED) is 0.583. The standard InChI is InChI=1S/C10H19NO/c1-5-8(2)11-6-9(3)12-10(4)7-11/h5,8-10H,1,6-7H2,2-4H3. The van der Waals surface area contributed by atoms with Crippen LogP contribution in [0.15, 0.2) is 12.7 Å². The molecule has 0 aromatic carbocycles. The normalized spacial score (nSPS) is 34.6. The maximum Gasteiger partial charge on any atom is 0.0678 e. The van der Waals surface area contributed by atoms with E-state index in [1.54, 1.807) is 0 Å². The minimum absolute atomic E-state index is 0.358. The molecule has 0 aliphatic carbocycles. The van der Waals surface area contributed by atoms with E-state index in [0.29, 0.717) is 18.2 Å². The average molecular weight is 169 g/mol. The van der Waals surface area contributed by atoms with Gasteiger partial charge in [-0.25, -0.2) is 0 Å². The number of ether oxygens (including phenoxy) is 1. The van der Waals surface area contributed by atoms with Crippen molar-refractivity contribution in [1.82, 2.24) is 4.90 Å². The van der Waals surface area contributed by atoms with Crippen LogP contribution >= 0.6 is 0 Å². The molecular formula is C10H19NO. The van der Waals surface area contributed by atoms with Crippen LogP contribution < -0.4 is 0 Å². The molecule has 0 N–H and O–H groups in total. The first-order valence-electron chi connectivity index (χ1n) is 4.65. The van der Waals surface area contributed by atoms with E-state index >= 15 is 0 Å². The molecule has 2 heteroatoms. The molecule has 70 valence electrons. The van der Waals surface area contributed by atoms with Gasteiger partial charge in [0, 0.05) is 19.1 Å². The van der Waals surface area contributed by atoms with Gasteiger partial charge in [-0.2, -0.15) is 0 Å². The topological polar surface area (TPSA) is 12.5 Å². The van der Waals surface area contributed by atoms with E-state index in [-0.39, 0.29) is 0 Å². The molecule has 1 aliphatic heterocycles. The van der Waals surface area contributed by atoms with Crippen LogP contribution in [0.1, 0.15) is 20.8 Å². The molecule has 0 aromatic rings. The van der Waals surface area contributed by atoms with E-state index in [9.17, 15) is 0 Å². The van der Waals surface area contributed by atoms with Gasteiger partial charge in [0.2, 0.25) is 0 Å². The molecular weight excluding hydrogens is 150 g/mol. The number of hydrogen-bond acceptors (Lipinski definition) is 2. The first kappa shape index (κ1) is 9.75. The van der Waals surface area contributed by atoms with Crippen LogP contribution in [-0.2, 0) is 4.74 Å². The molecule has 1 rings (SSSR count). The van der Waals surface area contributed by atoms with Crippen molar-refractivity contribution in [3.63, 3.8) is 0 Å². The van der Waals surface area contributed by atoms with Crippen LogP contribution in [-0.4, -0.2) is 36.2 Å². The van der Waals surface area contributed by atoms with Crippen molar-refractivity contribution in [2.75, 3.05) is 13.1 Å². The van der Waals surface area contributed by atoms with Crippen LogP contribution in [0.4, 0.5) is 0 Å². The maximum absolute atomic E-state index is 5.64. The third-order valence-corrected chi connectivity index (χ3v) is 2.36. The summed E-state index contributed by atoms with van der Waals surface area (Å²) in [6.45, 7) is 12.3. The summed E-state index contributed by atoms with van der Waals surface area (Å²) in [5.74, 6) is 0. The molecule has 1 saturated heterocycles. The second kappa shape index (κ2) is 4.06. The molecule has 1 heterocycles. The molecule has 12 heavy (non-hydrogen) atoms. The molecule has 1 aliphatic rings. The fourth-order valence-corrected chi connectivity index (χ4v) is 1.70. The molecule has 0 saturated carbocycles. The van der Waals surface area contributed by atoms with Gasteiger partial charge < -0.3 is 4.74 Å². The second-order valence-electron chi connectivity index (χ2n) is 3.69. The number of morpholine rings is 1. The number of rotatable bonds is 2. The van der Waals surface area contributed by atoms with Gasteiger partial charge in [-0.3, -0.25) is 4.90 Å². The van der Waals surface area contributed by atoms with Crippen molar-refractivity contribution >= 4 is 0 Å². The largest absolute Gasteiger partial charge is 0.373 e. The highest BCUT2D eigenvalue weighted by Gasteiger charge is 2.23. The van der Waals surface area contributed by atoms with Crippen LogP contribution in [0.25, 0.3) is 0 Å². The molecule has 3 unspecified atom stereocenters. The van der Waals surface area contributed by atoms with E-state index in [4.69, 9.17) is 4.74 Å². The second-order valence-corrected chi connectivity index (χ2v) is 3.69. The molecule has 0 bridgehead atoms. The molecule has 0 radical (unpaired) electrons. The Balaban J connectivity index is 2.48. The molecule has 0 aromatic heterocycles. The van der Waals surface area contributed by atoms with Gasteiger partial charge in [0.1, 0.15) is 0 Å². The van der Waals surface area contributed by atoms with E-state index < -0.39 is 0 Å². The lowest BCUT2D eigenvalue weighted by atomic mass is 10.2. The molecule has 3 atom stereocenters. The zero-order valence-electron chi connectivity index (χ0n) is 8.29. The van der Waals surface area contributed by atoms with Crippen LogP contribution in [0.2, 0.25) is 0 Å². The van der Waals surface area contributed by atoms with Gasteiger partial charge in [-0.1, -0.05) is 6.08 Å². The van der Waals surface area contributed by atoms with Crippen LogP contribution in [0, 0.1) is 0 Å². The summed E-state index contributed by atoms with van der Waals surface area (Å²) in [6, 6.07) is 0.471. The summed E-state index contributed by atoms with van der Waals surface area (Å²) in [7, 11) is 0. The van der Waals surface area contributed by atoms with Gasteiger partial charge in [-0.15, -0.1) is 6.58 Å². The van der Waals surface area contributed by atoms with Crippen molar-refractivity contribution in [3.05, 3.63) is 12.7 Å². The lowest BCUT2D eigenvalue weighted by Gasteiger charge is -2.37. The van der Waals surface area contributed by atoms with Crippen molar-refractivity contribution in [2.24, 2.45) is 0 Å². The number of nitrogens with zero attached hydrogens (tertiary/aromatic N) is 1. The minimum Gasteiger partial charge on any atom is -0.373 e. The summed E-state index contributed by atoms with van der Waals surface area (Å²) < 4.78 is 5.64.